The number of ether oxygens (including phenoxy) is 2. The number of nitrogens with zero attached hydrogens (tertiary/aromatic N) is 3. The van der Waals surface area contributed by atoms with Gasteiger partial charge in [0.2, 0.25) is 0 Å². The van der Waals surface area contributed by atoms with E-state index in [9.17, 15) is 9.36 Å². The second-order valence-electron chi connectivity index (χ2n) is 10.1. The Kier molecular flexibility index (Phi) is 9.65. The fourth-order valence-corrected chi connectivity index (χ4v) is 6.11. The molecule has 0 saturated carbocycles. The number of aryl methyl sites for hydroxylation is 1. The standard InChI is InChI=1S/C29H38N5O6P/c1-7-37-17-25-32-26-27(23-13-8-9-14-24(23)31-28(26)30)34(25)16-20(5)39-41(36,33-21(6)29(35)38-18(2)3)40-22-12-10-11-19(4)15-22/h8-15,18,20-21H,7,16-17H2,1-6H3,(H2,30,31)(H,33,36)/t20-,21+,41?/m1/s1. The summed E-state index contributed by atoms with van der Waals surface area (Å²) in [5.41, 5.74) is 9.27. The molecule has 0 aliphatic carbocycles. The van der Waals surface area contributed by atoms with Crippen LogP contribution in [-0.2, 0) is 36.5 Å². The average Bonchev–Trinajstić information content (AvgIpc) is 3.25. The molecule has 4 rings (SSSR count). The Morgan fingerprint density at radius 2 is 1.85 bits per heavy atom. The maximum Gasteiger partial charge on any atom is 0.459 e. The summed E-state index contributed by atoms with van der Waals surface area (Å²) in [4.78, 5) is 21.8. The minimum absolute atomic E-state index is 0.236. The first-order valence-electron chi connectivity index (χ1n) is 13.6. The van der Waals surface area contributed by atoms with Crippen LogP contribution in [0.3, 0.4) is 0 Å². The Balaban J connectivity index is 1.69. The molecule has 2 aromatic carbocycles. The van der Waals surface area contributed by atoms with Crippen molar-refractivity contribution in [1.29, 1.82) is 0 Å². The van der Waals surface area contributed by atoms with Crippen LogP contribution in [-0.4, -0.2) is 45.4 Å². The van der Waals surface area contributed by atoms with Crippen LogP contribution < -0.4 is 15.3 Å². The molecule has 3 N–H and O–H groups in total. The van der Waals surface area contributed by atoms with Gasteiger partial charge in [-0.15, -0.1) is 0 Å². The van der Waals surface area contributed by atoms with Gasteiger partial charge in [-0.2, -0.15) is 5.09 Å². The van der Waals surface area contributed by atoms with E-state index in [4.69, 9.17) is 29.2 Å². The lowest BCUT2D eigenvalue weighted by atomic mass is 10.2. The van der Waals surface area contributed by atoms with Gasteiger partial charge >= 0.3 is 13.7 Å². The summed E-state index contributed by atoms with van der Waals surface area (Å²) < 4.78 is 39.1. The van der Waals surface area contributed by atoms with Crippen LogP contribution in [0.25, 0.3) is 21.9 Å². The Morgan fingerprint density at radius 1 is 1.10 bits per heavy atom. The number of aromatic nitrogens is 3. The molecule has 0 aliphatic heterocycles. The largest absolute Gasteiger partial charge is 0.462 e. The van der Waals surface area contributed by atoms with E-state index in [-0.39, 0.29) is 19.3 Å². The molecule has 0 bridgehead atoms. The number of anilines is 1. The van der Waals surface area contributed by atoms with Crippen molar-refractivity contribution in [3.63, 3.8) is 0 Å². The lowest BCUT2D eigenvalue weighted by Gasteiger charge is -2.26. The number of rotatable bonds is 13. The summed E-state index contributed by atoms with van der Waals surface area (Å²) in [6.45, 7) is 11.6. The first-order chi connectivity index (χ1) is 19.5. The maximum absolute atomic E-state index is 14.2. The van der Waals surface area contributed by atoms with E-state index < -0.39 is 25.9 Å². The number of nitrogens with two attached hydrogens (primary N) is 1. The molecule has 0 saturated heterocycles. The number of carbonyl (C=O) groups is 1. The molecule has 0 radical (unpaired) electrons. The maximum atomic E-state index is 14.2. The summed E-state index contributed by atoms with van der Waals surface area (Å²) in [6, 6.07) is 13.8. The van der Waals surface area contributed by atoms with Gasteiger partial charge in [0.05, 0.1) is 29.8 Å². The van der Waals surface area contributed by atoms with Crippen molar-refractivity contribution >= 4 is 41.5 Å². The highest BCUT2D eigenvalue weighted by Gasteiger charge is 2.35. The topological polar surface area (TPSA) is 140 Å². The van der Waals surface area contributed by atoms with E-state index in [1.54, 1.807) is 45.9 Å². The molecule has 41 heavy (non-hydrogen) atoms. The van der Waals surface area contributed by atoms with Gasteiger partial charge in [0.25, 0.3) is 0 Å². The number of hydrogen-bond acceptors (Lipinski definition) is 9. The Bertz CT molecular complexity index is 1570. The van der Waals surface area contributed by atoms with Crippen molar-refractivity contribution in [2.75, 3.05) is 12.3 Å². The smallest absolute Gasteiger partial charge is 0.459 e. The number of esters is 1. The van der Waals surface area contributed by atoms with Crippen molar-refractivity contribution in [1.82, 2.24) is 19.6 Å². The Morgan fingerprint density at radius 3 is 2.56 bits per heavy atom. The van der Waals surface area contributed by atoms with Crippen LogP contribution in [0, 0.1) is 6.92 Å². The molecule has 0 spiro atoms. The number of nitrogen functional groups attached to an aromatic ring is 1. The highest BCUT2D eigenvalue weighted by atomic mass is 31.2. The minimum Gasteiger partial charge on any atom is -0.462 e. The Labute approximate surface area is 239 Å². The zero-order chi connectivity index (χ0) is 29.7. The molecule has 1 unspecified atom stereocenters. The van der Waals surface area contributed by atoms with Gasteiger partial charge in [-0.05, 0) is 65.3 Å². The van der Waals surface area contributed by atoms with Crippen molar-refractivity contribution < 1.29 is 27.9 Å². The fraction of sp³-hybridized carbons (Fsp3) is 0.414. The minimum atomic E-state index is -4.10. The van der Waals surface area contributed by atoms with Crippen LogP contribution in [0.2, 0.25) is 0 Å². The monoisotopic (exact) mass is 583 g/mol. The number of fused-ring (bicyclic) bond motifs is 3. The van der Waals surface area contributed by atoms with E-state index >= 15 is 0 Å². The van der Waals surface area contributed by atoms with Crippen molar-refractivity contribution in [3.8, 4) is 5.75 Å². The first kappa shape index (κ1) is 30.5. The summed E-state index contributed by atoms with van der Waals surface area (Å²) in [5.74, 6) is 0.695. The van der Waals surface area contributed by atoms with E-state index in [2.05, 4.69) is 10.1 Å². The van der Waals surface area contributed by atoms with E-state index in [1.165, 1.54) is 0 Å². The third-order valence-corrected chi connectivity index (χ3v) is 7.95. The quantitative estimate of drug-likeness (QED) is 0.152. The van der Waals surface area contributed by atoms with Crippen LogP contribution >= 0.6 is 7.75 Å². The number of carbonyl (C=O) groups excluding carboxylic acids is 1. The summed E-state index contributed by atoms with van der Waals surface area (Å²) in [5, 5.41) is 3.62. The van der Waals surface area contributed by atoms with Crippen LogP contribution in [0.1, 0.15) is 46.0 Å². The van der Waals surface area contributed by atoms with E-state index in [0.29, 0.717) is 29.5 Å². The second kappa shape index (κ2) is 13.0. The molecule has 2 heterocycles. The summed E-state index contributed by atoms with van der Waals surface area (Å²) >= 11 is 0. The SMILES string of the molecule is CCOCc1nc2c(N)nc3ccccc3c2n1C[C@@H](C)OP(=O)(N[C@@H](C)C(=O)OC(C)C)Oc1cccc(C)c1. The molecular formula is C29H38N5O6P. The number of pyridine rings is 1. The fourth-order valence-electron chi connectivity index (χ4n) is 4.45. The van der Waals surface area contributed by atoms with Gasteiger partial charge in [0.1, 0.15) is 29.7 Å². The van der Waals surface area contributed by atoms with Crippen LogP contribution in [0.4, 0.5) is 5.82 Å². The van der Waals surface area contributed by atoms with Crippen LogP contribution in [0.5, 0.6) is 5.75 Å². The van der Waals surface area contributed by atoms with Gasteiger partial charge in [-0.25, -0.2) is 14.5 Å². The first-order valence-corrected chi connectivity index (χ1v) is 15.2. The predicted molar refractivity (Wildman–Crippen MR) is 159 cm³/mol. The molecule has 12 heteroatoms. The van der Waals surface area contributed by atoms with Gasteiger partial charge in [-0.3, -0.25) is 9.32 Å². The molecular weight excluding hydrogens is 545 g/mol. The number of hydrogen-bond donors (Lipinski definition) is 2. The molecule has 0 aliphatic rings. The van der Waals surface area contributed by atoms with Crippen LogP contribution in [0.15, 0.2) is 48.5 Å². The van der Waals surface area contributed by atoms with Gasteiger partial charge in [0, 0.05) is 12.0 Å². The molecule has 220 valence electrons. The number of benzene rings is 2. The van der Waals surface area contributed by atoms with Gasteiger partial charge < -0.3 is 24.3 Å². The molecule has 0 fully saturated rings. The van der Waals surface area contributed by atoms with Gasteiger partial charge in [-0.1, -0.05) is 30.3 Å². The lowest BCUT2D eigenvalue weighted by Crippen LogP contribution is -2.37. The summed E-state index contributed by atoms with van der Waals surface area (Å²) in [6.07, 6.45) is -1.00. The zero-order valence-corrected chi connectivity index (χ0v) is 25.2. The predicted octanol–water partition coefficient (Wildman–Crippen LogP) is 5.53. The second-order valence-corrected chi connectivity index (χ2v) is 11.8. The summed E-state index contributed by atoms with van der Waals surface area (Å²) in [7, 11) is -4.10. The average molecular weight is 584 g/mol. The molecule has 4 aromatic rings. The third-order valence-electron chi connectivity index (χ3n) is 6.16. The molecule has 3 atom stereocenters. The van der Waals surface area contributed by atoms with Crippen molar-refractivity contribution in [2.24, 2.45) is 0 Å². The molecule has 2 aromatic heterocycles. The zero-order valence-electron chi connectivity index (χ0n) is 24.3. The highest BCUT2D eigenvalue weighted by molar-refractivity contribution is 7.52. The van der Waals surface area contributed by atoms with Crippen molar-refractivity contribution in [2.45, 2.75) is 72.9 Å². The highest BCUT2D eigenvalue weighted by Crippen LogP contribution is 2.46. The Hall–Kier alpha value is -3.50. The number of nitrogens with one attached hydrogen (secondary N) is 1. The molecule has 11 nitrogen and oxygen atoms in total. The normalized spacial score (nSPS) is 14.7. The van der Waals surface area contributed by atoms with Crippen molar-refractivity contribution in [3.05, 3.63) is 59.9 Å². The van der Waals surface area contributed by atoms with E-state index in [1.807, 2.05) is 48.7 Å². The number of para-hydroxylation sites is 1. The van der Waals surface area contributed by atoms with E-state index in [0.717, 1.165) is 22.0 Å². The lowest BCUT2D eigenvalue weighted by molar-refractivity contribution is -0.149. The van der Waals surface area contributed by atoms with Gasteiger partial charge in [0.15, 0.2) is 5.82 Å². The number of imidazole rings is 1. The third kappa shape index (κ3) is 7.42. The molecule has 0 amide bonds.